The van der Waals surface area contributed by atoms with Crippen molar-refractivity contribution in [3.63, 3.8) is 0 Å². The van der Waals surface area contributed by atoms with Crippen molar-refractivity contribution < 1.29 is 4.79 Å². The van der Waals surface area contributed by atoms with E-state index in [0.717, 1.165) is 11.3 Å². The lowest BCUT2D eigenvalue weighted by Crippen LogP contribution is -2.33. The molecule has 1 aliphatic heterocycles. The molecule has 1 atom stereocenters. The van der Waals surface area contributed by atoms with Crippen LogP contribution in [-0.2, 0) is 11.2 Å². The molecule has 1 fully saturated rings. The summed E-state index contributed by atoms with van der Waals surface area (Å²) in [6.07, 6.45) is 0.286. The fourth-order valence-corrected chi connectivity index (χ4v) is 3.50. The van der Waals surface area contributed by atoms with Gasteiger partial charge < -0.3 is 4.90 Å². The number of nitrogens with one attached hydrogen (secondary N) is 1. The van der Waals surface area contributed by atoms with E-state index >= 15 is 0 Å². The third-order valence-corrected chi connectivity index (χ3v) is 4.54. The van der Waals surface area contributed by atoms with E-state index in [0.29, 0.717) is 16.7 Å². The van der Waals surface area contributed by atoms with Crippen LogP contribution in [0.3, 0.4) is 0 Å². The molecular formula is C12H12ClN5OS. The SMILES string of the molecule is O=C(Cc1ccccc1Cl)N1CSCC1c1nn[nH]n1. The van der Waals surface area contributed by atoms with Crippen molar-refractivity contribution in [1.82, 2.24) is 25.5 Å². The molecule has 1 unspecified atom stereocenters. The van der Waals surface area contributed by atoms with E-state index in [9.17, 15) is 4.79 Å². The quantitative estimate of drug-likeness (QED) is 0.933. The van der Waals surface area contributed by atoms with Gasteiger partial charge in [0, 0.05) is 10.8 Å². The highest BCUT2D eigenvalue weighted by atomic mass is 35.5. The van der Waals surface area contributed by atoms with E-state index in [-0.39, 0.29) is 18.4 Å². The van der Waals surface area contributed by atoms with Gasteiger partial charge in [-0.2, -0.15) is 5.21 Å². The second kappa shape index (κ2) is 5.80. The van der Waals surface area contributed by atoms with Gasteiger partial charge in [0.25, 0.3) is 0 Å². The average Bonchev–Trinajstić information content (AvgIpc) is 3.11. The Morgan fingerprint density at radius 3 is 3.10 bits per heavy atom. The van der Waals surface area contributed by atoms with E-state index < -0.39 is 0 Å². The maximum Gasteiger partial charge on any atom is 0.228 e. The first kappa shape index (κ1) is 13.4. The van der Waals surface area contributed by atoms with Crippen LogP contribution in [0.1, 0.15) is 17.4 Å². The smallest absolute Gasteiger partial charge is 0.228 e. The minimum atomic E-state index is -0.117. The zero-order valence-electron chi connectivity index (χ0n) is 10.5. The van der Waals surface area contributed by atoms with Gasteiger partial charge in [0.1, 0.15) is 6.04 Å². The Kier molecular flexibility index (Phi) is 3.88. The van der Waals surface area contributed by atoms with Gasteiger partial charge in [-0.15, -0.1) is 22.0 Å². The standard InChI is InChI=1S/C12H12ClN5OS/c13-9-4-2-1-3-8(9)5-11(19)18-7-20-6-10(18)12-14-16-17-15-12/h1-4,10H,5-7H2,(H,14,15,16,17). The second-order valence-electron chi connectivity index (χ2n) is 4.42. The predicted molar refractivity (Wildman–Crippen MR) is 76.2 cm³/mol. The molecule has 1 aromatic carbocycles. The number of thioether (sulfide) groups is 1. The number of aromatic nitrogens is 4. The third-order valence-electron chi connectivity index (χ3n) is 3.16. The fourth-order valence-electron chi connectivity index (χ4n) is 2.12. The summed E-state index contributed by atoms with van der Waals surface area (Å²) in [5, 5.41) is 14.5. The average molecular weight is 310 g/mol. The molecule has 20 heavy (non-hydrogen) atoms. The summed E-state index contributed by atoms with van der Waals surface area (Å²) < 4.78 is 0. The summed E-state index contributed by atoms with van der Waals surface area (Å²) in [4.78, 5) is 14.2. The fraction of sp³-hybridized carbons (Fsp3) is 0.333. The maximum atomic E-state index is 12.4. The molecule has 1 aliphatic rings. The summed E-state index contributed by atoms with van der Waals surface area (Å²) in [7, 11) is 0. The Balaban J connectivity index is 1.75. The second-order valence-corrected chi connectivity index (χ2v) is 5.82. The lowest BCUT2D eigenvalue weighted by molar-refractivity contribution is -0.131. The number of hydrogen-bond donors (Lipinski definition) is 1. The number of benzene rings is 1. The summed E-state index contributed by atoms with van der Waals surface area (Å²) in [6, 6.07) is 7.27. The van der Waals surface area contributed by atoms with Crippen LogP contribution in [0, 0.1) is 0 Å². The Bertz CT molecular complexity index is 606. The lowest BCUT2D eigenvalue weighted by atomic mass is 10.1. The van der Waals surface area contributed by atoms with Crippen LogP contribution < -0.4 is 0 Å². The minimum absolute atomic E-state index is 0.0258. The molecule has 1 saturated heterocycles. The number of rotatable bonds is 3. The van der Waals surface area contributed by atoms with E-state index in [1.807, 2.05) is 18.2 Å². The van der Waals surface area contributed by atoms with Crippen LogP contribution in [0.4, 0.5) is 0 Å². The van der Waals surface area contributed by atoms with Crippen LogP contribution in [0.25, 0.3) is 0 Å². The van der Waals surface area contributed by atoms with Gasteiger partial charge in [-0.05, 0) is 11.6 Å². The van der Waals surface area contributed by atoms with Gasteiger partial charge in [-0.25, -0.2) is 0 Å². The molecule has 0 radical (unpaired) electrons. The Morgan fingerprint density at radius 2 is 2.35 bits per heavy atom. The molecule has 0 saturated carbocycles. The summed E-state index contributed by atoms with van der Waals surface area (Å²) in [6.45, 7) is 0. The first-order valence-electron chi connectivity index (χ1n) is 6.09. The third kappa shape index (κ3) is 2.64. The maximum absolute atomic E-state index is 12.4. The molecule has 2 aromatic rings. The van der Waals surface area contributed by atoms with Crippen molar-refractivity contribution in [1.29, 1.82) is 0 Å². The zero-order valence-corrected chi connectivity index (χ0v) is 12.1. The van der Waals surface area contributed by atoms with Crippen molar-refractivity contribution in [2.45, 2.75) is 12.5 Å². The number of H-pyrrole nitrogens is 1. The predicted octanol–water partition coefficient (Wildman–Crippen LogP) is 1.67. The van der Waals surface area contributed by atoms with E-state index in [1.54, 1.807) is 22.7 Å². The first-order valence-corrected chi connectivity index (χ1v) is 7.63. The number of amides is 1. The van der Waals surface area contributed by atoms with Gasteiger partial charge in [0.15, 0.2) is 5.82 Å². The minimum Gasteiger partial charge on any atom is -0.322 e. The molecule has 3 rings (SSSR count). The highest BCUT2D eigenvalue weighted by molar-refractivity contribution is 7.99. The highest BCUT2D eigenvalue weighted by Gasteiger charge is 2.33. The van der Waals surface area contributed by atoms with E-state index in [2.05, 4.69) is 20.6 Å². The summed E-state index contributed by atoms with van der Waals surface area (Å²) in [5.74, 6) is 2.01. The first-order chi connectivity index (χ1) is 9.75. The molecule has 2 heterocycles. The Hall–Kier alpha value is -1.60. The molecule has 104 valence electrons. The molecule has 1 N–H and O–H groups in total. The van der Waals surface area contributed by atoms with Gasteiger partial charge in [-0.3, -0.25) is 4.79 Å². The molecule has 6 nitrogen and oxygen atoms in total. The van der Waals surface area contributed by atoms with Crippen LogP contribution in [0.2, 0.25) is 5.02 Å². The molecule has 1 amide bonds. The van der Waals surface area contributed by atoms with Crippen molar-refractivity contribution in [2.24, 2.45) is 0 Å². The topological polar surface area (TPSA) is 74.8 Å². The van der Waals surface area contributed by atoms with Crippen LogP contribution in [-0.4, -0.2) is 43.1 Å². The summed E-state index contributed by atoms with van der Waals surface area (Å²) >= 11 is 7.78. The van der Waals surface area contributed by atoms with Crippen molar-refractivity contribution in [3.8, 4) is 0 Å². The van der Waals surface area contributed by atoms with Crippen molar-refractivity contribution in [3.05, 3.63) is 40.7 Å². The van der Waals surface area contributed by atoms with Crippen molar-refractivity contribution >= 4 is 29.3 Å². The number of aromatic amines is 1. The lowest BCUT2D eigenvalue weighted by Gasteiger charge is -2.21. The van der Waals surface area contributed by atoms with Gasteiger partial charge in [0.2, 0.25) is 5.91 Å². The zero-order chi connectivity index (χ0) is 13.9. The number of halogens is 1. The van der Waals surface area contributed by atoms with E-state index in [1.165, 1.54) is 0 Å². The van der Waals surface area contributed by atoms with Crippen molar-refractivity contribution in [2.75, 3.05) is 11.6 Å². The van der Waals surface area contributed by atoms with Crippen LogP contribution >= 0.6 is 23.4 Å². The monoisotopic (exact) mass is 309 g/mol. The highest BCUT2D eigenvalue weighted by Crippen LogP contribution is 2.31. The van der Waals surface area contributed by atoms with Gasteiger partial charge in [-0.1, -0.05) is 35.0 Å². The number of carbonyl (C=O) groups is 1. The molecular weight excluding hydrogens is 298 g/mol. The number of hydrogen-bond acceptors (Lipinski definition) is 5. The van der Waals surface area contributed by atoms with Gasteiger partial charge >= 0.3 is 0 Å². The Labute approximate surface area is 124 Å². The van der Waals surface area contributed by atoms with Gasteiger partial charge in [0.05, 0.1) is 12.3 Å². The molecule has 0 bridgehead atoms. The normalized spacial score (nSPS) is 18.4. The Morgan fingerprint density at radius 1 is 1.50 bits per heavy atom. The molecule has 8 heteroatoms. The van der Waals surface area contributed by atoms with E-state index in [4.69, 9.17) is 11.6 Å². The molecule has 0 spiro atoms. The number of nitrogens with zero attached hydrogens (tertiary/aromatic N) is 4. The largest absolute Gasteiger partial charge is 0.322 e. The van der Waals surface area contributed by atoms with Crippen LogP contribution in [0.5, 0.6) is 0 Å². The number of carbonyl (C=O) groups excluding carboxylic acids is 1. The van der Waals surface area contributed by atoms with Crippen LogP contribution in [0.15, 0.2) is 24.3 Å². The number of tetrazole rings is 1. The molecule has 1 aromatic heterocycles. The summed E-state index contributed by atoms with van der Waals surface area (Å²) in [5.41, 5.74) is 0.836. The molecule has 0 aliphatic carbocycles.